The molecule has 0 aromatic carbocycles. The van der Waals surface area contributed by atoms with Crippen molar-refractivity contribution in [1.82, 2.24) is 5.32 Å². The molecule has 4 heteroatoms. The summed E-state index contributed by atoms with van der Waals surface area (Å²) >= 11 is 0. The minimum atomic E-state index is -0.912. The third-order valence-corrected chi connectivity index (χ3v) is 2.16. The van der Waals surface area contributed by atoms with Gasteiger partial charge in [0.05, 0.1) is 0 Å². The number of aliphatic carboxylic acids is 1. The first-order valence-corrected chi connectivity index (χ1v) is 5.37. The van der Waals surface area contributed by atoms with Crippen LogP contribution < -0.4 is 11.1 Å². The summed E-state index contributed by atoms with van der Waals surface area (Å²) in [6.45, 7) is 7.68. The van der Waals surface area contributed by atoms with Crippen molar-refractivity contribution in [3.8, 4) is 0 Å². The summed E-state index contributed by atoms with van der Waals surface area (Å²) in [5.41, 5.74) is 6.54. The minimum absolute atomic E-state index is 0.553. The lowest BCUT2D eigenvalue weighted by Gasteiger charge is -2.06. The second kappa shape index (κ2) is 8.44. The Kier molecular flexibility index (Phi) is 7.95. The van der Waals surface area contributed by atoms with Crippen LogP contribution in [-0.2, 0) is 4.79 Å². The van der Waals surface area contributed by atoms with Crippen LogP contribution in [0, 0.1) is 0 Å². The van der Waals surface area contributed by atoms with Crippen molar-refractivity contribution in [2.45, 2.75) is 38.6 Å². The molecule has 15 heavy (non-hydrogen) atoms. The van der Waals surface area contributed by atoms with Crippen molar-refractivity contribution >= 4 is 5.97 Å². The Morgan fingerprint density at radius 3 is 2.67 bits per heavy atom. The zero-order chi connectivity index (χ0) is 11.7. The number of carboxylic acids is 1. The van der Waals surface area contributed by atoms with Crippen LogP contribution in [0.5, 0.6) is 0 Å². The average Bonchev–Trinajstić information content (AvgIpc) is 2.15. The number of rotatable bonds is 9. The summed E-state index contributed by atoms with van der Waals surface area (Å²) in [7, 11) is 0. The fourth-order valence-corrected chi connectivity index (χ4v) is 1.16. The standard InChI is InChI=1S/C11H22N2O2/c1-9(2)6-8-13-7-4-3-5-10(12)11(14)15/h10,13H,1,3-8,12H2,2H3,(H,14,15). The fourth-order valence-electron chi connectivity index (χ4n) is 1.16. The van der Waals surface area contributed by atoms with Crippen LogP contribution in [0.2, 0.25) is 0 Å². The molecule has 0 aliphatic rings. The molecule has 0 heterocycles. The van der Waals surface area contributed by atoms with Crippen LogP contribution in [0.25, 0.3) is 0 Å². The van der Waals surface area contributed by atoms with E-state index in [-0.39, 0.29) is 0 Å². The van der Waals surface area contributed by atoms with E-state index in [2.05, 4.69) is 11.9 Å². The molecule has 0 aliphatic heterocycles. The lowest BCUT2D eigenvalue weighted by Crippen LogP contribution is -2.30. The average molecular weight is 214 g/mol. The number of carboxylic acid groups (broad SMARTS) is 1. The van der Waals surface area contributed by atoms with Gasteiger partial charge in [-0.15, -0.1) is 6.58 Å². The molecule has 0 amide bonds. The summed E-state index contributed by atoms with van der Waals surface area (Å²) in [5.74, 6) is -0.912. The van der Waals surface area contributed by atoms with Crippen LogP contribution in [0.1, 0.15) is 32.6 Å². The van der Waals surface area contributed by atoms with Gasteiger partial charge in [-0.05, 0) is 39.3 Å². The third-order valence-electron chi connectivity index (χ3n) is 2.16. The molecule has 0 saturated heterocycles. The zero-order valence-electron chi connectivity index (χ0n) is 9.46. The molecule has 0 rings (SSSR count). The van der Waals surface area contributed by atoms with Gasteiger partial charge in [0.1, 0.15) is 6.04 Å². The van der Waals surface area contributed by atoms with E-state index >= 15 is 0 Å². The number of hydrogen-bond donors (Lipinski definition) is 3. The van der Waals surface area contributed by atoms with E-state index < -0.39 is 12.0 Å². The second-order valence-electron chi connectivity index (χ2n) is 3.90. The highest BCUT2D eigenvalue weighted by Gasteiger charge is 2.09. The number of unbranched alkanes of at least 4 members (excludes halogenated alkanes) is 1. The van der Waals surface area contributed by atoms with E-state index in [4.69, 9.17) is 10.8 Å². The molecule has 4 nitrogen and oxygen atoms in total. The van der Waals surface area contributed by atoms with E-state index in [1.807, 2.05) is 6.92 Å². The summed E-state index contributed by atoms with van der Waals surface area (Å²) in [5, 5.41) is 11.8. The summed E-state index contributed by atoms with van der Waals surface area (Å²) in [6, 6.07) is -0.708. The van der Waals surface area contributed by atoms with Crippen molar-refractivity contribution in [2.75, 3.05) is 13.1 Å². The van der Waals surface area contributed by atoms with Crippen molar-refractivity contribution in [3.63, 3.8) is 0 Å². The van der Waals surface area contributed by atoms with Crippen molar-refractivity contribution in [3.05, 3.63) is 12.2 Å². The normalized spacial score (nSPS) is 12.4. The maximum atomic E-state index is 10.4. The molecular formula is C11H22N2O2. The summed E-state index contributed by atoms with van der Waals surface area (Å²) < 4.78 is 0. The van der Waals surface area contributed by atoms with Crippen molar-refractivity contribution in [2.24, 2.45) is 5.73 Å². The molecule has 88 valence electrons. The Morgan fingerprint density at radius 1 is 1.47 bits per heavy atom. The molecule has 0 radical (unpaired) electrons. The lowest BCUT2D eigenvalue weighted by molar-refractivity contribution is -0.138. The fraction of sp³-hybridized carbons (Fsp3) is 0.727. The zero-order valence-corrected chi connectivity index (χ0v) is 9.46. The molecule has 4 N–H and O–H groups in total. The van der Waals surface area contributed by atoms with Gasteiger partial charge in [0, 0.05) is 0 Å². The minimum Gasteiger partial charge on any atom is -0.480 e. The SMILES string of the molecule is C=C(C)CCNCCCCC(N)C(=O)O. The van der Waals surface area contributed by atoms with Crippen LogP contribution in [0.4, 0.5) is 0 Å². The lowest BCUT2D eigenvalue weighted by atomic mass is 10.1. The van der Waals surface area contributed by atoms with E-state index in [9.17, 15) is 4.79 Å². The Balaban J connectivity index is 3.18. The second-order valence-corrected chi connectivity index (χ2v) is 3.90. The van der Waals surface area contributed by atoms with Crippen molar-refractivity contribution < 1.29 is 9.90 Å². The van der Waals surface area contributed by atoms with Gasteiger partial charge in [-0.1, -0.05) is 12.0 Å². The smallest absolute Gasteiger partial charge is 0.320 e. The molecule has 0 spiro atoms. The van der Waals surface area contributed by atoms with E-state index in [1.54, 1.807) is 0 Å². The topological polar surface area (TPSA) is 75.3 Å². The molecule has 0 bridgehead atoms. The number of carbonyl (C=O) groups is 1. The molecular weight excluding hydrogens is 192 g/mol. The van der Waals surface area contributed by atoms with Gasteiger partial charge in [-0.2, -0.15) is 0 Å². The number of hydrogen-bond acceptors (Lipinski definition) is 3. The van der Waals surface area contributed by atoms with Gasteiger partial charge in [0.15, 0.2) is 0 Å². The number of nitrogens with one attached hydrogen (secondary N) is 1. The predicted molar refractivity (Wildman–Crippen MR) is 61.8 cm³/mol. The van der Waals surface area contributed by atoms with Gasteiger partial charge in [-0.25, -0.2) is 0 Å². The highest BCUT2D eigenvalue weighted by Crippen LogP contribution is 1.98. The molecule has 0 aliphatic carbocycles. The van der Waals surface area contributed by atoms with E-state index in [1.165, 1.54) is 5.57 Å². The van der Waals surface area contributed by atoms with Crippen LogP contribution in [0.15, 0.2) is 12.2 Å². The first kappa shape index (κ1) is 14.1. The first-order chi connectivity index (χ1) is 7.04. The molecule has 0 saturated carbocycles. The number of nitrogens with two attached hydrogens (primary N) is 1. The van der Waals surface area contributed by atoms with E-state index in [0.717, 1.165) is 32.4 Å². The Bertz CT molecular complexity index is 205. The van der Waals surface area contributed by atoms with Gasteiger partial charge >= 0.3 is 5.97 Å². The maximum absolute atomic E-state index is 10.4. The van der Waals surface area contributed by atoms with Gasteiger partial charge in [0.2, 0.25) is 0 Å². The highest BCUT2D eigenvalue weighted by molar-refractivity contribution is 5.72. The molecule has 0 aromatic rings. The molecule has 0 aromatic heterocycles. The highest BCUT2D eigenvalue weighted by atomic mass is 16.4. The molecule has 1 unspecified atom stereocenters. The predicted octanol–water partition coefficient (Wildman–Crippen LogP) is 1.12. The van der Waals surface area contributed by atoms with Gasteiger partial charge in [-0.3, -0.25) is 4.79 Å². The summed E-state index contributed by atoms with van der Waals surface area (Å²) in [6.07, 6.45) is 3.37. The largest absolute Gasteiger partial charge is 0.480 e. The third kappa shape index (κ3) is 9.43. The van der Waals surface area contributed by atoms with Crippen LogP contribution in [-0.4, -0.2) is 30.2 Å². The van der Waals surface area contributed by atoms with Crippen LogP contribution in [0.3, 0.4) is 0 Å². The molecule has 1 atom stereocenters. The first-order valence-electron chi connectivity index (χ1n) is 5.37. The Labute approximate surface area is 91.5 Å². The van der Waals surface area contributed by atoms with Crippen molar-refractivity contribution in [1.29, 1.82) is 0 Å². The molecule has 0 fully saturated rings. The van der Waals surface area contributed by atoms with Gasteiger partial charge < -0.3 is 16.2 Å². The van der Waals surface area contributed by atoms with E-state index in [0.29, 0.717) is 6.42 Å². The van der Waals surface area contributed by atoms with Gasteiger partial charge in [0.25, 0.3) is 0 Å². The summed E-state index contributed by atoms with van der Waals surface area (Å²) in [4.78, 5) is 10.4. The van der Waals surface area contributed by atoms with Crippen LogP contribution >= 0.6 is 0 Å². The Hall–Kier alpha value is -0.870. The Morgan fingerprint density at radius 2 is 2.13 bits per heavy atom. The maximum Gasteiger partial charge on any atom is 0.320 e. The monoisotopic (exact) mass is 214 g/mol. The quantitative estimate of drug-likeness (QED) is 0.397.